The molecule has 0 heterocycles. The lowest BCUT2D eigenvalue weighted by Crippen LogP contribution is -2.28. The molecule has 0 rings (SSSR count). The minimum Gasteiger partial charge on any atom is -0.368 e. The first-order valence-electron chi connectivity index (χ1n) is 4.55. The third-order valence-corrected chi connectivity index (χ3v) is 2.10. The highest BCUT2D eigenvalue weighted by Crippen LogP contribution is 2.13. The molecule has 2 heteroatoms. The van der Waals surface area contributed by atoms with Gasteiger partial charge < -0.3 is 4.74 Å². The maximum absolute atomic E-state index is 11.2. The van der Waals surface area contributed by atoms with Crippen molar-refractivity contribution in [2.45, 2.75) is 46.6 Å². The van der Waals surface area contributed by atoms with Crippen LogP contribution in [0.25, 0.3) is 0 Å². The number of hydrogen-bond donors (Lipinski definition) is 0. The highest BCUT2D eigenvalue weighted by atomic mass is 16.5. The molecule has 0 amide bonds. The highest BCUT2D eigenvalue weighted by Gasteiger charge is 2.17. The molecule has 0 N–H and O–H groups in total. The summed E-state index contributed by atoms with van der Waals surface area (Å²) in [5.74, 6) is 0.259. The van der Waals surface area contributed by atoms with Gasteiger partial charge in [0.2, 0.25) is 0 Å². The average Bonchev–Trinajstić information content (AvgIpc) is 2.00. The quantitative estimate of drug-likeness (QED) is 0.636. The largest absolute Gasteiger partial charge is 0.368 e. The molecular formula is C10H20O2. The van der Waals surface area contributed by atoms with E-state index >= 15 is 0 Å². The first-order chi connectivity index (χ1) is 5.39. The molecule has 0 atom stereocenters. The van der Waals surface area contributed by atoms with E-state index in [2.05, 4.69) is 6.92 Å². The number of hydrogen-bond acceptors (Lipinski definition) is 2. The van der Waals surface area contributed by atoms with Crippen LogP contribution in [-0.4, -0.2) is 18.0 Å². The molecule has 12 heavy (non-hydrogen) atoms. The van der Waals surface area contributed by atoms with E-state index in [4.69, 9.17) is 4.74 Å². The Morgan fingerprint density at radius 2 is 1.92 bits per heavy atom. The van der Waals surface area contributed by atoms with Crippen molar-refractivity contribution in [2.75, 3.05) is 6.61 Å². The second-order valence-electron chi connectivity index (χ2n) is 4.02. The smallest absolute Gasteiger partial charge is 0.161 e. The van der Waals surface area contributed by atoms with Gasteiger partial charge in [0.1, 0.15) is 6.61 Å². The highest BCUT2D eigenvalue weighted by molar-refractivity contribution is 5.81. The summed E-state index contributed by atoms with van der Waals surface area (Å²) in [6, 6.07) is 0. The normalized spacial score (nSPS) is 12.2. The lowest BCUT2D eigenvalue weighted by atomic mass is 10.1. The SMILES string of the molecule is CCC(C)(C)OCC(=O)C(C)C. The summed E-state index contributed by atoms with van der Waals surface area (Å²) in [6.45, 7) is 10.1. The van der Waals surface area contributed by atoms with Crippen LogP contribution < -0.4 is 0 Å². The number of Topliss-reactive ketones (excluding diaryl/α,β-unsaturated/α-hetero) is 1. The van der Waals surface area contributed by atoms with Crippen molar-refractivity contribution < 1.29 is 9.53 Å². The van der Waals surface area contributed by atoms with Crippen LogP contribution in [-0.2, 0) is 9.53 Å². The Kier molecular flexibility index (Phi) is 4.46. The zero-order valence-corrected chi connectivity index (χ0v) is 8.81. The van der Waals surface area contributed by atoms with Gasteiger partial charge in [0.25, 0.3) is 0 Å². The number of ketones is 1. The van der Waals surface area contributed by atoms with E-state index < -0.39 is 0 Å². The fourth-order valence-electron chi connectivity index (χ4n) is 0.535. The summed E-state index contributed by atoms with van der Waals surface area (Å²) in [6.07, 6.45) is 0.929. The lowest BCUT2D eigenvalue weighted by molar-refractivity contribution is -0.132. The number of ether oxygens (including phenoxy) is 1. The van der Waals surface area contributed by atoms with Gasteiger partial charge in [-0.1, -0.05) is 20.8 Å². The van der Waals surface area contributed by atoms with Crippen LogP contribution in [0.4, 0.5) is 0 Å². The zero-order valence-electron chi connectivity index (χ0n) is 8.81. The fourth-order valence-corrected chi connectivity index (χ4v) is 0.535. The first kappa shape index (κ1) is 11.6. The van der Waals surface area contributed by atoms with Crippen LogP contribution in [0.15, 0.2) is 0 Å². The van der Waals surface area contributed by atoms with Gasteiger partial charge in [0.15, 0.2) is 5.78 Å². The number of carbonyl (C=O) groups excluding carboxylic acids is 1. The Morgan fingerprint density at radius 1 is 1.42 bits per heavy atom. The van der Waals surface area contributed by atoms with E-state index in [9.17, 15) is 4.79 Å². The van der Waals surface area contributed by atoms with E-state index in [0.29, 0.717) is 0 Å². The molecule has 0 aromatic rings. The summed E-state index contributed by atoms with van der Waals surface area (Å²) in [5.41, 5.74) is -0.162. The van der Waals surface area contributed by atoms with Crippen LogP contribution in [0.2, 0.25) is 0 Å². The minimum atomic E-state index is -0.162. The fraction of sp³-hybridized carbons (Fsp3) is 0.900. The van der Waals surface area contributed by atoms with Gasteiger partial charge in [-0.15, -0.1) is 0 Å². The van der Waals surface area contributed by atoms with Crippen molar-refractivity contribution in [3.63, 3.8) is 0 Å². The summed E-state index contributed by atoms with van der Waals surface area (Å²) in [5, 5.41) is 0. The number of carbonyl (C=O) groups is 1. The average molecular weight is 172 g/mol. The van der Waals surface area contributed by atoms with E-state index in [1.807, 2.05) is 27.7 Å². The van der Waals surface area contributed by atoms with Crippen LogP contribution in [0, 0.1) is 5.92 Å². The molecule has 0 aliphatic carbocycles. The molecule has 0 fully saturated rings. The topological polar surface area (TPSA) is 26.3 Å². The summed E-state index contributed by atoms with van der Waals surface area (Å²) in [7, 11) is 0. The minimum absolute atomic E-state index is 0.0812. The molecule has 0 unspecified atom stereocenters. The summed E-state index contributed by atoms with van der Waals surface area (Å²) in [4.78, 5) is 11.2. The van der Waals surface area contributed by atoms with Crippen molar-refractivity contribution >= 4 is 5.78 Å². The molecule has 0 spiro atoms. The Bertz CT molecular complexity index is 148. The molecule has 0 aromatic carbocycles. The van der Waals surface area contributed by atoms with Gasteiger partial charge in [0, 0.05) is 5.92 Å². The van der Waals surface area contributed by atoms with Crippen LogP contribution in [0.3, 0.4) is 0 Å². The lowest BCUT2D eigenvalue weighted by Gasteiger charge is -2.23. The van der Waals surface area contributed by atoms with E-state index in [1.54, 1.807) is 0 Å². The van der Waals surface area contributed by atoms with Crippen molar-refractivity contribution in [2.24, 2.45) is 5.92 Å². The van der Waals surface area contributed by atoms with Crippen molar-refractivity contribution in [3.8, 4) is 0 Å². The molecule has 0 saturated carbocycles. The Labute approximate surface area is 75.3 Å². The molecule has 0 aliphatic rings. The van der Waals surface area contributed by atoms with Gasteiger partial charge in [-0.3, -0.25) is 4.79 Å². The Balaban J connectivity index is 3.76. The third-order valence-electron chi connectivity index (χ3n) is 2.10. The Morgan fingerprint density at radius 3 is 2.25 bits per heavy atom. The van der Waals surface area contributed by atoms with Crippen LogP contribution in [0.1, 0.15) is 41.0 Å². The van der Waals surface area contributed by atoms with Crippen molar-refractivity contribution in [1.29, 1.82) is 0 Å². The van der Waals surface area contributed by atoms with E-state index in [0.717, 1.165) is 6.42 Å². The maximum atomic E-state index is 11.2. The monoisotopic (exact) mass is 172 g/mol. The predicted molar refractivity (Wildman–Crippen MR) is 50.2 cm³/mol. The van der Waals surface area contributed by atoms with Gasteiger partial charge in [-0.25, -0.2) is 0 Å². The second-order valence-corrected chi connectivity index (χ2v) is 4.02. The summed E-state index contributed by atoms with van der Waals surface area (Å²) >= 11 is 0. The molecular weight excluding hydrogens is 152 g/mol. The predicted octanol–water partition coefficient (Wildman–Crippen LogP) is 2.42. The molecule has 0 radical (unpaired) electrons. The van der Waals surface area contributed by atoms with Crippen LogP contribution in [0.5, 0.6) is 0 Å². The molecule has 0 bridgehead atoms. The number of rotatable bonds is 5. The first-order valence-corrected chi connectivity index (χ1v) is 4.55. The van der Waals surface area contributed by atoms with Gasteiger partial charge in [-0.05, 0) is 20.3 Å². The zero-order chi connectivity index (χ0) is 9.78. The van der Waals surface area contributed by atoms with E-state index in [1.165, 1.54) is 0 Å². The molecule has 0 saturated heterocycles. The molecule has 2 nitrogen and oxygen atoms in total. The third kappa shape index (κ3) is 4.50. The van der Waals surface area contributed by atoms with Gasteiger partial charge in [-0.2, -0.15) is 0 Å². The second kappa shape index (κ2) is 4.61. The van der Waals surface area contributed by atoms with Gasteiger partial charge in [0.05, 0.1) is 5.60 Å². The molecule has 0 aliphatic heterocycles. The summed E-state index contributed by atoms with van der Waals surface area (Å²) < 4.78 is 5.45. The molecule has 72 valence electrons. The van der Waals surface area contributed by atoms with Crippen molar-refractivity contribution in [3.05, 3.63) is 0 Å². The van der Waals surface area contributed by atoms with Crippen molar-refractivity contribution in [1.82, 2.24) is 0 Å². The Hall–Kier alpha value is -0.370. The van der Waals surface area contributed by atoms with Crippen LogP contribution >= 0.6 is 0 Å². The maximum Gasteiger partial charge on any atom is 0.161 e. The molecule has 0 aromatic heterocycles. The standard InChI is InChI=1S/C10H20O2/c1-6-10(4,5)12-7-9(11)8(2)3/h8H,6-7H2,1-5H3. The van der Waals surface area contributed by atoms with Gasteiger partial charge >= 0.3 is 0 Å². The van der Waals surface area contributed by atoms with E-state index in [-0.39, 0.29) is 23.9 Å².